The first-order valence-electron chi connectivity index (χ1n) is 10.2. The largest absolute Gasteiger partial charge is 0.324 e. The Hall–Kier alpha value is -7.28. The molecule has 2 N–H and O–H groups in total. The summed E-state index contributed by atoms with van der Waals surface area (Å²) in [5.41, 5.74) is -9.55. The molecule has 42 heavy (non-hydrogen) atoms. The van der Waals surface area contributed by atoms with Crippen LogP contribution in [0.5, 0.6) is 0 Å². The lowest BCUT2D eigenvalue weighted by Gasteiger charge is -2.07. The second-order valence-corrected chi connectivity index (χ2v) is 7.43. The van der Waals surface area contributed by atoms with Crippen molar-refractivity contribution in [2.75, 3.05) is 10.6 Å². The fourth-order valence-electron chi connectivity index (χ4n) is 3.33. The molecule has 0 radical (unpaired) electrons. The summed E-state index contributed by atoms with van der Waals surface area (Å²) in [6.07, 6.45) is 0. The van der Waals surface area contributed by atoms with Crippen molar-refractivity contribution in [3.05, 3.63) is 85.0 Å². The molecular formula is C16H6N12O14. The first-order chi connectivity index (χ1) is 19.8. The van der Waals surface area contributed by atoms with Crippen LogP contribution in [-0.2, 0) is 0 Å². The third-order valence-electron chi connectivity index (χ3n) is 5.06. The highest BCUT2D eigenvalue weighted by Crippen LogP contribution is 2.43. The molecule has 0 aliphatic rings. The Kier molecular flexibility index (Phi) is 6.92. The van der Waals surface area contributed by atoms with Gasteiger partial charge < -0.3 is 10.6 Å². The number of hydrogen-bond donors (Lipinski definition) is 2. The minimum absolute atomic E-state index is 0.417. The van der Waals surface area contributed by atoms with Crippen LogP contribution in [0, 0.1) is 60.7 Å². The van der Waals surface area contributed by atoms with Crippen LogP contribution in [0.2, 0.25) is 0 Å². The second-order valence-electron chi connectivity index (χ2n) is 7.43. The van der Waals surface area contributed by atoms with Crippen molar-refractivity contribution in [3.63, 3.8) is 0 Å². The van der Waals surface area contributed by atoms with E-state index in [4.69, 9.17) is 0 Å². The van der Waals surface area contributed by atoms with Gasteiger partial charge in [0.2, 0.25) is 11.6 Å². The van der Waals surface area contributed by atoms with Crippen LogP contribution in [0.3, 0.4) is 0 Å². The zero-order chi connectivity index (χ0) is 30.9. The van der Waals surface area contributed by atoms with Gasteiger partial charge in [-0.1, -0.05) is 0 Å². The van der Waals surface area contributed by atoms with Crippen molar-refractivity contribution in [2.45, 2.75) is 0 Å². The lowest BCUT2D eigenvalue weighted by atomic mass is 10.2. The van der Waals surface area contributed by atoms with Gasteiger partial charge in [0.05, 0.1) is 53.8 Å². The van der Waals surface area contributed by atoms with Crippen LogP contribution in [0.1, 0.15) is 0 Å². The zero-order valence-corrected chi connectivity index (χ0v) is 19.5. The maximum atomic E-state index is 11.6. The number of nitro benzene ring substituents is 6. The molecule has 2 aromatic heterocycles. The molecule has 2 aromatic carbocycles. The van der Waals surface area contributed by atoms with Gasteiger partial charge in [0, 0.05) is 0 Å². The summed E-state index contributed by atoms with van der Waals surface area (Å²) < 4.78 is 9.07. The van der Waals surface area contributed by atoms with Gasteiger partial charge in [-0.05, 0) is 20.6 Å². The van der Waals surface area contributed by atoms with Crippen molar-refractivity contribution in [2.24, 2.45) is 0 Å². The second kappa shape index (κ2) is 10.5. The van der Waals surface area contributed by atoms with Crippen molar-refractivity contribution in [1.82, 2.24) is 20.6 Å². The summed E-state index contributed by atoms with van der Waals surface area (Å²) in [6, 6.07) is 1.67. The van der Waals surface area contributed by atoms with Crippen LogP contribution >= 0.6 is 0 Å². The van der Waals surface area contributed by atoms with Gasteiger partial charge in [0.1, 0.15) is 0 Å². The molecule has 2 heterocycles. The Morgan fingerprint density at radius 2 is 0.762 bits per heavy atom. The molecule has 0 aliphatic carbocycles. The maximum Gasteiger partial charge on any atom is 0.306 e. The first kappa shape index (κ1) is 27.7. The van der Waals surface area contributed by atoms with E-state index in [2.05, 4.69) is 40.5 Å². The maximum absolute atomic E-state index is 11.6. The van der Waals surface area contributed by atoms with E-state index in [1.54, 1.807) is 0 Å². The molecular weight excluding hydrogens is 584 g/mol. The number of nitrogens with one attached hydrogen (secondary N) is 2. The topological polar surface area (TPSA) is 361 Å². The molecule has 0 aliphatic heterocycles. The van der Waals surface area contributed by atoms with Gasteiger partial charge in [0.15, 0.2) is 22.8 Å². The number of benzene rings is 2. The van der Waals surface area contributed by atoms with Crippen molar-refractivity contribution in [1.29, 1.82) is 0 Å². The van der Waals surface area contributed by atoms with Gasteiger partial charge >= 0.3 is 22.7 Å². The van der Waals surface area contributed by atoms with E-state index >= 15 is 0 Å². The van der Waals surface area contributed by atoms with Crippen LogP contribution in [0.4, 0.5) is 57.1 Å². The Labute approximate surface area is 224 Å². The molecule has 0 unspecified atom stereocenters. The van der Waals surface area contributed by atoms with Gasteiger partial charge in [-0.25, -0.2) is 9.26 Å². The molecule has 26 nitrogen and oxygen atoms in total. The van der Waals surface area contributed by atoms with E-state index in [0.717, 1.165) is 0 Å². The molecule has 4 aromatic rings. The fraction of sp³-hybridized carbons (Fsp3) is 0. The Balaban J connectivity index is 1.83. The van der Waals surface area contributed by atoms with E-state index in [1.807, 2.05) is 0 Å². The highest BCUT2D eigenvalue weighted by molar-refractivity contribution is 5.88. The SMILES string of the molecule is O=[N+]([O-])c1cc([N+](=O)[O-])c(Nc2nonc2-c2nonc2Nc2c([N+](=O)[O-])cc([N+](=O)[O-])cc2[N+](=O)[O-])c([N+](=O)[O-])c1. The zero-order valence-electron chi connectivity index (χ0n) is 19.5. The molecule has 0 amide bonds. The molecule has 0 spiro atoms. The van der Waals surface area contributed by atoms with E-state index in [1.165, 1.54) is 0 Å². The van der Waals surface area contributed by atoms with Gasteiger partial charge in [-0.3, -0.25) is 60.7 Å². The van der Waals surface area contributed by atoms with E-state index in [9.17, 15) is 60.7 Å². The summed E-state index contributed by atoms with van der Waals surface area (Å²) >= 11 is 0. The minimum Gasteiger partial charge on any atom is -0.324 e. The number of aromatic nitrogens is 4. The van der Waals surface area contributed by atoms with Gasteiger partial charge in [-0.15, -0.1) is 0 Å². The van der Waals surface area contributed by atoms with Crippen molar-refractivity contribution >= 4 is 57.1 Å². The number of non-ortho nitro benzene ring substituents is 2. The Morgan fingerprint density at radius 3 is 1.00 bits per heavy atom. The molecule has 0 saturated carbocycles. The first-order valence-corrected chi connectivity index (χ1v) is 10.2. The third-order valence-corrected chi connectivity index (χ3v) is 5.06. The van der Waals surface area contributed by atoms with Crippen LogP contribution in [0.25, 0.3) is 11.4 Å². The Morgan fingerprint density at radius 1 is 0.476 bits per heavy atom. The molecule has 4 rings (SSSR count). The molecule has 0 atom stereocenters. The smallest absolute Gasteiger partial charge is 0.306 e. The van der Waals surface area contributed by atoms with Crippen molar-refractivity contribution in [3.8, 4) is 11.4 Å². The minimum atomic E-state index is -1.17. The quantitative estimate of drug-likeness (QED) is 0.187. The Bertz CT molecular complexity index is 1630. The molecule has 0 bridgehead atoms. The summed E-state index contributed by atoms with van der Waals surface area (Å²) in [7, 11) is 0. The van der Waals surface area contributed by atoms with Crippen LogP contribution in [0.15, 0.2) is 33.5 Å². The van der Waals surface area contributed by atoms with E-state index in [0.29, 0.717) is 24.3 Å². The average Bonchev–Trinajstić information content (AvgIpc) is 3.56. The number of nitro groups is 6. The predicted octanol–water partition coefficient (Wildman–Crippen LogP) is 3.06. The molecule has 214 valence electrons. The lowest BCUT2D eigenvalue weighted by Crippen LogP contribution is -2.05. The highest BCUT2D eigenvalue weighted by Gasteiger charge is 2.35. The van der Waals surface area contributed by atoms with Crippen molar-refractivity contribution < 1.29 is 38.8 Å². The fourth-order valence-corrected chi connectivity index (χ4v) is 3.33. The lowest BCUT2D eigenvalue weighted by molar-refractivity contribution is -0.402. The number of hydrogen-bond acceptors (Lipinski definition) is 20. The summed E-state index contributed by atoms with van der Waals surface area (Å²) in [6.45, 7) is 0. The van der Waals surface area contributed by atoms with Gasteiger partial charge in [0.25, 0.3) is 11.4 Å². The summed E-state index contributed by atoms with van der Waals surface area (Å²) in [5.74, 6) is -1.33. The standard InChI is InChI=1S/C16H6N12O14/c29-23(30)5-1-7(25(33)34)11(8(2-5)26(35)36)17-15-13(19-41-21-15)14-16(22-42-20-14)18-12-9(27(37)38)3-6(24(31)32)4-10(12)28(39)40/h1-4H,(H,17,21)(H,18,22). The predicted molar refractivity (Wildman–Crippen MR) is 127 cm³/mol. The number of anilines is 4. The molecule has 26 heteroatoms. The van der Waals surface area contributed by atoms with Crippen LogP contribution in [-0.4, -0.2) is 50.2 Å². The van der Waals surface area contributed by atoms with E-state index in [-0.39, 0.29) is 0 Å². The van der Waals surface area contributed by atoms with Crippen LogP contribution < -0.4 is 10.6 Å². The number of nitrogens with zero attached hydrogens (tertiary/aromatic N) is 10. The molecule has 0 saturated heterocycles. The third kappa shape index (κ3) is 5.05. The van der Waals surface area contributed by atoms with Gasteiger partial charge in [-0.2, -0.15) is 0 Å². The normalized spacial score (nSPS) is 10.6. The summed E-state index contributed by atoms with van der Waals surface area (Å²) in [4.78, 5) is 61.6. The summed E-state index contributed by atoms with van der Waals surface area (Å²) in [5, 5.41) is 86.5. The number of rotatable bonds is 11. The highest BCUT2D eigenvalue weighted by atomic mass is 16.7. The molecule has 0 fully saturated rings. The average molecular weight is 590 g/mol. The van der Waals surface area contributed by atoms with E-state index < -0.39 is 98.1 Å². The monoisotopic (exact) mass is 590 g/mol.